The highest BCUT2D eigenvalue weighted by molar-refractivity contribution is 7.11. The van der Waals surface area contributed by atoms with Crippen molar-refractivity contribution < 1.29 is 0 Å². The average Bonchev–Trinajstić information content (AvgIpc) is 3.02. The molecule has 0 atom stereocenters. The summed E-state index contributed by atoms with van der Waals surface area (Å²) in [6, 6.07) is 1.84. The Morgan fingerprint density at radius 3 is 2.57 bits per heavy atom. The second-order valence-corrected chi connectivity index (χ2v) is 6.59. The van der Waals surface area contributed by atoms with Crippen molar-refractivity contribution in [1.29, 1.82) is 0 Å². The molecule has 2 aromatic heterocycles. The van der Waals surface area contributed by atoms with Crippen molar-refractivity contribution in [3.8, 4) is 0 Å². The van der Waals surface area contributed by atoms with Gasteiger partial charge < -0.3 is 15.1 Å². The third-order valence-electron chi connectivity index (χ3n) is 3.72. The van der Waals surface area contributed by atoms with E-state index in [1.54, 1.807) is 23.7 Å². The highest BCUT2D eigenvalue weighted by Crippen LogP contribution is 2.12. The van der Waals surface area contributed by atoms with Gasteiger partial charge in [0.25, 0.3) is 0 Å². The maximum atomic E-state index is 4.40. The van der Waals surface area contributed by atoms with Crippen LogP contribution in [-0.2, 0) is 6.54 Å². The van der Waals surface area contributed by atoms with Gasteiger partial charge in [0.2, 0.25) is 5.95 Å². The first-order chi connectivity index (χ1) is 11.3. The van der Waals surface area contributed by atoms with Crippen LogP contribution < -0.4 is 10.2 Å². The predicted molar refractivity (Wildman–Crippen MR) is 92.9 cm³/mol. The van der Waals surface area contributed by atoms with Gasteiger partial charge in [-0.2, -0.15) is 0 Å². The third kappa shape index (κ3) is 3.95. The second-order valence-electron chi connectivity index (χ2n) is 5.27. The Hall–Kier alpha value is -2.22. The molecule has 1 N–H and O–H groups in total. The average molecular weight is 331 g/mol. The number of piperazine rings is 1. The Balaban J connectivity index is 1.53. The lowest BCUT2D eigenvalue weighted by Gasteiger charge is -2.36. The minimum absolute atomic E-state index is 0.764. The molecule has 1 aliphatic rings. The van der Waals surface area contributed by atoms with Crippen molar-refractivity contribution in [1.82, 2.24) is 25.2 Å². The van der Waals surface area contributed by atoms with Crippen LogP contribution in [0, 0.1) is 6.92 Å². The largest absolute Gasteiger partial charge is 0.351 e. The number of rotatable bonds is 3. The van der Waals surface area contributed by atoms with Gasteiger partial charge >= 0.3 is 0 Å². The van der Waals surface area contributed by atoms with E-state index in [1.165, 1.54) is 4.88 Å². The van der Waals surface area contributed by atoms with Gasteiger partial charge in [0, 0.05) is 56.7 Å². The minimum Gasteiger partial charge on any atom is -0.351 e. The maximum Gasteiger partial charge on any atom is 0.225 e. The van der Waals surface area contributed by atoms with Crippen molar-refractivity contribution in [2.75, 3.05) is 38.1 Å². The molecule has 0 saturated carbocycles. The first kappa shape index (κ1) is 15.7. The van der Waals surface area contributed by atoms with Crippen molar-refractivity contribution >= 4 is 23.2 Å². The number of nitrogens with zero attached hydrogens (tertiary/aromatic N) is 6. The summed E-state index contributed by atoms with van der Waals surface area (Å²) < 4.78 is 0. The van der Waals surface area contributed by atoms with E-state index >= 15 is 0 Å². The molecule has 3 heterocycles. The Labute approximate surface area is 140 Å². The van der Waals surface area contributed by atoms with Crippen LogP contribution in [0.15, 0.2) is 29.6 Å². The van der Waals surface area contributed by atoms with E-state index in [0.717, 1.165) is 49.6 Å². The van der Waals surface area contributed by atoms with E-state index in [-0.39, 0.29) is 0 Å². The monoisotopic (exact) mass is 331 g/mol. The first-order valence-electron chi connectivity index (χ1n) is 7.65. The fourth-order valence-corrected chi connectivity index (χ4v) is 3.29. The Morgan fingerprint density at radius 1 is 1.22 bits per heavy atom. The van der Waals surface area contributed by atoms with Gasteiger partial charge in [0.15, 0.2) is 5.96 Å². The molecule has 0 amide bonds. The summed E-state index contributed by atoms with van der Waals surface area (Å²) in [4.78, 5) is 23.0. The summed E-state index contributed by atoms with van der Waals surface area (Å²) in [5.41, 5.74) is 0. The van der Waals surface area contributed by atoms with Crippen molar-refractivity contribution in [2.24, 2.45) is 4.99 Å². The summed E-state index contributed by atoms with van der Waals surface area (Å²) in [6.45, 7) is 6.38. The SMILES string of the molecule is CN=C(NCc1cnc(C)s1)N1CCN(c2ncccn2)CC1. The van der Waals surface area contributed by atoms with Crippen LogP contribution >= 0.6 is 11.3 Å². The standard InChI is InChI=1S/C15H21N7S/c1-12-19-10-13(23-12)11-20-14(16-2)21-6-8-22(9-7-21)15-17-4-3-5-18-15/h3-5,10H,6-9,11H2,1-2H3,(H,16,20). The lowest BCUT2D eigenvalue weighted by molar-refractivity contribution is 0.370. The number of guanidine groups is 1. The zero-order valence-electron chi connectivity index (χ0n) is 13.4. The van der Waals surface area contributed by atoms with E-state index in [1.807, 2.05) is 26.2 Å². The molecular formula is C15H21N7S. The molecule has 122 valence electrons. The quantitative estimate of drug-likeness (QED) is 0.672. The summed E-state index contributed by atoms with van der Waals surface area (Å²) in [7, 11) is 1.83. The number of thiazole rings is 1. The molecule has 0 bridgehead atoms. The van der Waals surface area contributed by atoms with Gasteiger partial charge in [-0.3, -0.25) is 4.99 Å². The smallest absolute Gasteiger partial charge is 0.225 e. The van der Waals surface area contributed by atoms with Gasteiger partial charge in [0.1, 0.15) is 0 Å². The van der Waals surface area contributed by atoms with E-state index < -0.39 is 0 Å². The molecule has 1 fully saturated rings. The third-order valence-corrected chi connectivity index (χ3v) is 4.63. The Kier molecular flexibility index (Phi) is 5.02. The lowest BCUT2D eigenvalue weighted by atomic mass is 10.3. The maximum absolute atomic E-state index is 4.40. The van der Waals surface area contributed by atoms with Crippen molar-refractivity contribution in [2.45, 2.75) is 13.5 Å². The summed E-state index contributed by atoms with van der Waals surface area (Å²) in [5, 5.41) is 4.51. The van der Waals surface area contributed by atoms with Crippen molar-refractivity contribution in [3.05, 3.63) is 34.5 Å². The van der Waals surface area contributed by atoms with Gasteiger partial charge in [-0.1, -0.05) is 0 Å². The summed E-state index contributed by atoms with van der Waals surface area (Å²) in [6.07, 6.45) is 5.49. The molecule has 8 heteroatoms. The molecule has 7 nitrogen and oxygen atoms in total. The van der Waals surface area contributed by atoms with Crippen LogP contribution in [-0.4, -0.2) is 59.0 Å². The minimum atomic E-state index is 0.764. The topological polar surface area (TPSA) is 69.5 Å². The number of aryl methyl sites for hydroxylation is 1. The van der Waals surface area contributed by atoms with Gasteiger partial charge in [-0.15, -0.1) is 11.3 Å². The molecule has 1 aliphatic heterocycles. The molecule has 1 saturated heterocycles. The van der Waals surface area contributed by atoms with Crippen LogP contribution in [0.25, 0.3) is 0 Å². The highest BCUT2D eigenvalue weighted by atomic mass is 32.1. The summed E-state index contributed by atoms with van der Waals surface area (Å²) >= 11 is 1.71. The summed E-state index contributed by atoms with van der Waals surface area (Å²) in [5.74, 6) is 1.74. The molecule has 0 spiro atoms. The number of hydrogen-bond acceptors (Lipinski definition) is 6. The van der Waals surface area contributed by atoms with Crippen LogP contribution in [0.4, 0.5) is 5.95 Å². The molecule has 0 radical (unpaired) electrons. The number of aliphatic imine (C=N–C) groups is 1. The number of anilines is 1. The van der Waals surface area contributed by atoms with Crippen LogP contribution in [0.3, 0.4) is 0 Å². The second kappa shape index (κ2) is 7.36. The van der Waals surface area contributed by atoms with E-state index in [0.29, 0.717) is 0 Å². The number of aromatic nitrogens is 3. The fourth-order valence-electron chi connectivity index (χ4n) is 2.56. The molecule has 0 unspecified atom stereocenters. The number of hydrogen-bond donors (Lipinski definition) is 1. The fraction of sp³-hybridized carbons (Fsp3) is 0.467. The van der Waals surface area contributed by atoms with E-state index in [2.05, 4.69) is 35.1 Å². The zero-order chi connectivity index (χ0) is 16.1. The Morgan fingerprint density at radius 2 is 1.96 bits per heavy atom. The Bertz CT molecular complexity index is 647. The lowest BCUT2D eigenvalue weighted by Crippen LogP contribution is -2.52. The molecular weight excluding hydrogens is 310 g/mol. The normalized spacial score (nSPS) is 15.8. The first-order valence-corrected chi connectivity index (χ1v) is 8.47. The highest BCUT2D eigenvalue weighted by Gasteiger charge is 2.21. The predicted octanol–water partition coefficient (Wildman–Crippen LogP) is 1.14. The molecule has 3 rings (SSSR count). The van der Waals surface area contributed by atoms with E-state index in [9.17, 15) is 0 Å². The van der Waals surface area contributed by atoms with Crippen molar-refractivity contribution in [3.63, 3.8) is 0 Å². The molecule has 23 heavy (non-hydrogen) atoms. The van der Waals surface area contributed by atoms with Gasteiger partial charge in [-0.25, -0.2) is 15.0 Å². The van der Waals surface area contributed by atoms with Crippen LogP contribution in [0.5, 0.6) is 0 Å². The zero-order valence-corrected chi connectivity index (χ0v) is 14.3. The molecule has 2 aromatic rings. The van der Waals surface area contributed by atoms with E-state index in [4.69, 9.17) is 0 Å². The number of nitrogens with one attached hydrogen (secondary N) is 1. The van der Waals surface area contributed by atoms with Crippen LogP contribution in [0.2, 0.25) is 0 Å². The molecule has 0 aromatic carbocycles. The van der Waals surface area contributed by atoms with Gasteiger partial charge in [0.05, 0.1) is 11.6 Å². The molecule has 0 aliphatic carbocycles. The van der Waals surface area contributed by atoms with Crippen LogP contribution in [0.1, 0.15) is 9.88 Å². The van der Waals surface area contributed by atoms with Gasteiger partial charge in [-0.05, 0) is 13.0 Å².